The lowest BCUT2D eigenvalue weighted by molar-refractivity contribution is 0.485. The highest BCUT2D eigenvalue weighted by Crippen LogP contribution is 2.70. The van der Waals surface area contributed by atoms with Gasteiger partial charge in [-0.1, -0.05) is 114 Å². The van der Waals surface area contributed by atoms with Crippen LogP contribution in [0.5, 0.6) is 0 Å². The molecule has 1 heterocycles. The van der Waals surface area contributed by atoms with Crippen LogP contribution in [-0.4, -0.2) is 28.9 Å². The first kappa shape index (κ1) is 26.0. The van der Waals surface area contributed by atoms with Gasteiger partial charge in [-0.2, -0.15) is 0 Å². The highest BCUT2D eigenvalue weighted by atomic mass is 32.2. The van der Waals surface area contributed by atoms with Crippen molar-refractivity contribution in [1.82, 2.24) is 4.31 Å². The van der Waals surface area contributed by atoms with Crippen LogP contribution in [0.3, 0.4) is 0 Å². The zero-order valence-electron chi connectivity index (χ0n) is 22.1. The monoisotopic (exact) mass is 499 g/mol. The number of aryl methyl sites for hydroxylation is 1. The van der Waals surface area contributed by atoms with Gasteiger partial charge in [-0.25, -0.2) is 8.42 Å². The Hall–Kier alpha value is -1.64. The molecule has 0 spiro atoms. The van der Waals surface area contributed by atoms with E-state index in [4.69, 9.17) is 0 Å². The highest BCUT2D eigenvalue weighted by Gasteiger charge is 2.73. The van der Waals surface area contributed by atoms with Crippen LogP contribution in [0.1, 0.15) is 52.7 Å². The Morgan fingerprint density at radius 1 is 0.818 bits per heavy atom. The molecule has 0 saturated carbocycles. The number of hydrogen-bond donors (Lipinski definition) is 0. The summed E-state index contributed by atoms with van der Waals surface area (Å²) in [5.41, 5.74) is 2.08. The van der Waals surface area contributed by atoms with Crippen molar-refractivity contribution in [2.45, 2.75) is 89.6 Å². The Labute approximate surface area is 204 Å². The van der Waals surface area contributed by atoms with Crippen molar-refractivity contribution in [3.05, 3.63) is 75.9 Å². The van der Waals surface area contributed by atoms with Gasteiger partial charge in [0.25, 0.3) is 10.0 Å². The molecule has 0 bridgehead atoms. The normalized spacial score (nSPS) is 16.7. The summed E-state index contributed by atoms with van der Waals surface area (Å²) in [6.07, 6.45) is 0. The molecule has 0 N–H and O–H groups in total. The fourth-order valence-corrected chi connectivity index (χ4v) is 24.4. The van der Waals surface area contributed by atoms with Gasteiger partial charge < -0.3 is 0 Å². The summed E-state index contributed by atoms with van der Waals surface area (Å²) in [4.78, 5) is 1.91. The van der Waals surface area contributed by atoms with E-state index in [1.54, 1.807) is 12.1 Å². The summed E-state index contributed by atoms with van der Waals surface area (Å²) in [5, 5.41) is 1.22. The Morgan fingerprint density at radius 2 is 1.30 bits per heavy atom. The number of hydrogen-bond acceptors (Lipinski definition) is 2. The summed E-state index contributed by atoms with van der Waals surface area (Å²) in [6, 6.07) is 17.3. The van der Waals surface area contributed by atoms with Crippen LogP contribution in [0, 0.1) is 6.92 Å². The molecular weight excluding hydrogens is 459 g/mol. The SMILES string of the molecule is Cc1ccc(S(=O)(=O)N(Cc2ccccc2)C2=C([Si](C)(C)C)[Si]2(C(C)(C)C)C(C)(C)C)cc1. The average molecular weight is 500 g/mol. The molecule has 0 aromatic heterocycles. The minimum absolute atomic E-state index is 0.0218. The fraction of sp³-hybridized carbons (Fsp3) is 0.481. The van der Waals surface area contributed by atoms with Crippen LogP contribution < -0.4 is 0 Å². The Balaban J connectivity index is 2.31. The van der Waals surface area contributed by atoms with Gasteiger partial charge in [0.1, 0.15) is 8.07 Å². The molecule has 0 radical (unpaired) electrons. The van der Waals surface area contributed by atoms with E-state index in [0.717, 1.165) is 11.1 Å². The molecule has 180 valence electrons. The summed E-state index contributed by atoms with van der Waals surface area (Å²) in [6.45, 7) is 23.5. The molecule has 1 aliphatic heterocycles. The Bertz CT molecular complexity index is 1130. The standard InChI is InChI=1S/C27H41NO2SSi2/c1-21-16-18-23(19-17-21)31(29,30)28(20-22-14-12-11-13-15-22)24-25(32(8,9)10)33(24,26(2,3)4)27(5,6)7/h11-19H,20H2,1-10H3. The zero-order chi connectivity index (χ0) is 25.0. The van der Waals surface area contributed by atoms with E-state index in [1.807, 2.05) is 53.7 Å². The third-order valence-corrected chi connectivity index (χ3v) is 20.7. The molecular formula is C27H41NO2SSi2. The molecule has 1 aliphatic rings. The quantitative estimate of drug-likeness (QED) is 0.387. The Morgan fingerprint density at radius 3 is 1.70 bits per heavy atom. The molecule has 0 aliphatic carbocycles. The van der Waals surface area contributed by atoms with Gasteiger partial charge in [0.05, 0.1) is 19.5 Å². The van der Waals surface area contributed by atoms with Gasteiger partial charge in [-0.3, -0.25) is 4.31 Å². The van der Waals surface area contributed by atoms with E-state index in [1.165, 1.54) is 10.1 Å². The lowest BCUT2D eigenvalue weighted by Gasteiger charge is -2.45. The van der Waals surface area contributed by atoms with Gasteiger partial charge in [-0.15, -0.1) is 0 Å². The van der Waals surface area contributed by atoms with Crippen LogP contribution in [0.15, 0.2) is 69.6 Å². The van der Waals surface area contributed by atoms with Crippen molar-refractivity contribution in [3.63, 3.8) is 0 Å². The van der Waals surface area contributed by atoms with Crippen molar-refractivity contribution < 1.29 is 8.42 Å². The maximum Gasteiger partial charge on any atom is 0.263 e. The van der Waals surface area contributed by atoms with Crippen molar-refractivity contribution >= 4 is 26.2 Å². The van der Waals surface area contributed by atoms with Gasteiger partial charge in [0, 0.05) is 5.32 Å². The van der Waals surface area contributed by atoms with E-state index in [2.05, 4.69) is 61.2 Å². The second kappa shape index (κ2) is 8.24. The summed E-state index contributed by atoms with van der Waals surface area (Å²) < 4.78 is 30.4. The topological polar surface area (TPSA) is 37.4 Å². The molecule has 0 fully saturated rings. The van der Waals surface area contributed by atoms with Crippen molar-refractivity contribution in [1.29, 1.82) is 0 Å². The van der Waals surface area contributed by atoms with E-state index in [0.29, 0.717) is 11.4 Å². The lowest BCUT2D eigenvalue weighted by Crippen LogP contribution is -2.49. The number of benzene rings is 2. The molecule has 3 rings (SSSR count). The molecule has 0 saturated heterocycles. The van der Waals surface area contributed by atoms with Gasteiger partial charge >= 0.3 is 0 Å². The highest BCUT2D eigenvalue weighted by molar-refractivity contribution is 7.89. The van der Waals surface area contributed by atoms with Crippen molar-refractivity contribution in [2.24, 2.45) is 0 Å². The number of sulfonamides is 1. The van der Waals surface area contributed by atoms with E-state index in [-0.39, 0.29) is 10.1 Å². The van der Waals surface area contributed by atoms with Crippen molar-refractivity contribution in [3.8, 4) is 0 Å². The maximum atomic E-state index is 14.3. The van der Waals surface area contributed by atoms with Gasteiger partial charge in [0.2, 0.25) is 0 Å². The average Bonchev–Trinajstić information content (AvgIpc) is 3.39. The minimum atomic E-state index is -3.71. The molecule has 0 unspecified atom stereocenters. The first-order valence-electron chi connectivity index (χ1n) is 11.8. The molecule has 33 heavy (non-hydrogen) atoms. The Kier molecular flexibility index (Phi) is 6.49. The molecule has 0 amide bonds. The van der Waals surface area contributed by atoms with Crippen LogP contribution >= 0.6 is 0 Å². The minimum Gasteiger partial charge on any atom is -0.270 e. The molecule has 2 aromatic carbocycles. The van der Waals surface area contributed by atoms with Gasteiger partial charge in [-0.05, 0) is 34.7 Å². The fourth-order valence-electron chi connectivity index (χ4n) is 5.95. The first-order valence-corrected chi connectivity index (χ1v) is 18.8. The second-order valence-corrected chi connectivity index (χ2v) is 25.4. The predicted molar refractivity (Wildman–Crippen MR) is 146 cm³/mol. The summed E-state index contributed by atoms with van der Waals surface area (Å²) in [5.74, 6) is 0. The van der Waals surface area contributed by atoms with Crippen LogP contribution in [0.4, 0.5) is 0 Å². The molecule has 0 atom stereocenters. The number of nitrogens with zero attached hydrogens (tertiary/aromatic N) is 1. The third kappa shape index (κ3) is 4.42. The van der Waals surface area contributed by atoms with Gasteiger partial charge in [0.15, 0.2) is 0 Å². The molecule has 2 aromatic rings. The maximum absolute atomic E-state index is 14.3. The summed E-state index contributed by atoms with van der Waals surface area (Å²) in [7, 11) is -7.76. The lowest BCUT2D eigenvalue weighted by atomic mass is 10.2. The molecule has 3 nitrogen and oxygen atoms in total. The summed E-state index contributed by atoms with van der Waals surface area (Å²) >= 11 is 0. The van der Waals surface area contributed by atoms with Crippen LogP contribution in [0.2, 0.25) is 29.7 Å². The smallest absolute Gasteiger partial charge is 0.263 e. The third-order valence-electron chi connectivity index (χ3n) is 6.93. The zero-order valence-corrected chi connectivity index (χ0v) is 24.9. The van der Waals surface area contributed by atoms with E-state index < -0.39 is 26.2 Å². The first-order chi connectivity index (χ1) is 15.0. The van der Waals surface area contributed by atoms with E-state index in [9.17, 15) is 8.42 Å². The largest absolute Gasteiger partial charge is 0.270 e. The van der Waals surface area contributed by atoms with Crippen LogP contribution in [-0.2, 0) is 16.6 Å². The van der Waals surface area contributed by atoms with Crippen molar-refractivity contribution in [2.75, 3.05) is 0 Å². The number of rotatable bonds is 6. The van der Waals surface area contributed by atoms with E-state index >= 15 is 0 Å². The van der Waals surface area contributed by atoms with Crippen LogP contribution in [0.25, 0.3) is 0 Å². The predicted octanol–water partition coefficient (Wildman–Crippen LogP) is 7.46. The second-order valence-electron chi connectivity index (χ2n) is 12.5. The molecule has 6 heteroatoms.